The molecular weight excluding hydrogens is 256 g/mol. The maximum absolute atomic E-state index is 11.8. The fourth-order valence-electron chi connectivity index (χ4n) is 1.63. The van der Waals surface area contributed by atoms with Crippen LogP contribution in [0.25, 0.3) is 11.1 Å². The Hall–Kier alpha value is -3.09. The summed E-state index contributed by atoms with van der Waals surface area (Å²) < 4.78 is 0. The lowest BCUT2D eigenvalue weighted by Crippen LogP contribution is -2.54. The van der Waals surface area contributed by atoms with E-state index < -0.39 is 6.03 Å². The van der Waals surface area contributed by atoms with Crippen molar-refractivity contribution in [2.24, 2.45) is 0 Å². The van der Waals surface area contributed by atoms with Gasteiger partial charge in [0, 0.05) is 35.6 Å². The number of hydrogen-bond acceptors (Lipinski definition) is 1. The van der Waals surface area contributed by atoms with Crippen molar-refractivity contribution in [2.45, 2.75) is 0 Å². The summed E-state index contributed by atoms with van der Waals surface area (Å²) in [7, 11) is 0. The zero-order chi connectivity index (χ0) is 14.4. The van der Waals surface area contributed by atoms with Crippen molar-refractivity contribution < 1.29 is 15.0 Å². The van der Waals surface area contributed by atoms with Gasteiger partial charge in [-0.15, -0.1) is 0 Å². The second-order valence-electron chi connectivity index (χ2n) is 3.96. The van der Waals surface area contributed by atoms with E-state index in [0.717, 1.165) is 0 Å². The molecule has 0 aliphatic carbocycles. The highest BCUT2D eigenvalue weighted by Crippen LogP contribution is 2.13. The Bertz CT molecular complexity index is 599. The highest BCUT2D eigenvalue weighted by Gasteiger charge is 2.05. The van der Waals surface area contributed by atoms with E-state index >= 15 is 0 Å². The molecule has 2 aromatic rings. The molecule has 20 heavy (non-hydrogen) atoms. The van der Waals surface area contributed by atoms with E-state index in [1.807, 2.05) is 10.2 Å². The summed E-state index contributed by atoms with van der Waals surface area (Å²) in [5.74, 6) is 0. The van der Waals surface area contributed by atoms with Crippen LogP contribution in [0.2, 0.25) is 0 Å². The molecular formula is C13H12N6O. The Balaban J connectivity index is 2.04. The second kappa shape index (κ2) is 6.19. The molecule has 0 heterocycles. The first-order valence-corrected chi connectivity index (χ1v) is 5.79. The standard InChI is InChI=1S/C13H12N6O/c14-18-11-5-1-3-9(7-11)16-13(20)17-10-4-2-6-12(8-10)19-15/h1-8,18-19H,(H2,16,17,20). The van der Waals surface area contributed by atoms with Crippen molar-refractivity contribution in [1.29, 1.82) is 0 Å². The van der Waals surface area contributed by atoms with E-state index in [1.165, 1.54) is 0 Å². The molecule has 2 rings (SSSR count). The lowest BCUT2D eigenvalue weighted by atomic mass is 10.3. The number of hydrogen-bond donors (Lipinski definition) is 4. The van der Waals surface area contributed by atoms with E-state index in [2.05, 4.69) is 10.6 Å². The fraction of sp³-hybridized carbons (Fsp3) is 0. The normalized spacial score (nSPS) is 9.60. The molecule has 0 saturated heterocycles. The van der Waals surface area contributed by atoms with Crippen LogP contribution in [0.3, 0.4) is 0 Å². The molecule has 0 aromatic heterocycles. The van der Waals surface area contributed by atoms with Gasteiger partial charge < -0.3 is 21.7 Å². The maximum Gasteiger partial charge on any atom is 0.323 e. The Labute approximate surface area is 115 Å². The molecule has 7 heteroatoms. The Kier molecular flexibility index (Phi) is 4.13. The predicted octanol–water partition coefficient (Wildman–Crippen LogP) is 0.798. The minimum Gasteiger partial charge on any atom is -0.502 e. The third-order valence-electron chi connectivity index (χ3n) is 2.50. The van der Waals surface area contributed by atoms with Gasteiger partial charge in [-0.2, -0.15) is 0 Å². The van der Waals surface area contributed by atoms with Gasteiger partial charge in [0.25, 0.3) is 0 Å². The van der Waals surface area contributed by atoms with Gasteiger partial charge >= 0.3 is 6.03 Å². The molecule has 0 aliphatic heterocycles. The third kappa shape index (κ3) is 3.45. The van der Waals surface area contributed by atoms with Crippen LogP contribution in [0.5, 0.6) is 0 Å². The Morgan fingerprint density at radius 2 is 1.30 bits per heavy atom. The first-order valence-electron chi connectivity index (χ1n) is 5.79. The average Bonchev–Trinajstić information content (AvgIpc) is 2.47. The molecule has 0 unspecified atom stereocenters. The first-order chi connectivity index (χ1) is 9.71. The van der Waals surface area contributed by atoms with E-state index in [4.69, 9.17) is 11.1 Å². The van der Waals surface area contributed by atoms with Crippen molar-refractivity contribution in [3.8, 4) is 0 Å². The van der Waals surface area contributed by atoms with Crippen molar-refractivity contribution in [2.75, 3.05) is 10.6 Å². The van der Waals surface area contributed by atoms with E-state index in [0.29, 0.717) is 22.7 Å². The minimum absolute atomic E-state index is 0.435. The number of rotatable bonds is 4. The molecule has 2 amide bonds. The number of benzene rings is 2. The van der Waals surface area contributed by atoms with Crippen molar-refractivity contribution in [1.82, 2.24) is 0 Å². The number of urea groups is 1. The topological polar surface area (TPSA) is 114 Å². The van der Waals surface area contributed by atoms with Gasteiger partial charge in [-0.1, -0.05) is 12.1 Å². The Morgan fingerprint density at radius 1 is 0.850 bits per heavy atom. The number of nitrogens with one attached hydrogen (secondary N) is 4. The summed E-state index contributed by atoms with van der Waals surface area (Å²) in [6.45, 7) is 0. The summed E-state index contributed by atoms with van der Waals surface area (Å²) in [5.41, 5.74) is 19.5. The number of carbonyl (C=O) groups excluding carboxylic acids is 1. The highest BCUT2D eigenvalue weighted by atomic mass is 16.2. The highest BCUT2D eigenvalue weighted by molar-refractivity contribution is 6.00. The van der Waals surface area contributed by atoms with Crippen molar-refractivity contribution in [3.05, 3.63) is 59.6 Å². The van der Waals surface area contributed by atoms with Gasteiger partial charge in [-0.3, -0.25) is 10.2 Å². The molecule has 0 saturated carbocycles. The number of amides is 2. The molecule has 0 atom stereocenters. The largest absolute Gasteiger partial charge is 0.502 e. The lowest BCUT2D eigenvalue weighted by molar-refractivity contribution is -0.380. The molecule has 0 radical (unpaired) electrons. The predicted molar refractivity (Wildman–Crippen MR) is 73.5 cm³/mol. The molecule has 2 aromatic carbocycles. The van der Waals surface area contributed by atoms with Gasteiger partial charge in [0.15, 0.2) is 11.4 Å². The van der Waals surface area contributed by atoms with E-state index in [-0.39, 0.29) is 0 Å². The van der Waals surface area contributed by atoms with Gasteiger partial charge in [0.05, 0.1) is 0 Å². The van der Waals surface area contributed by atoms with Gasteiger partial charge in [0.2, 0.25) is 0 Å². The van der Waals surface area contributed by atoms with Crippen LogP contribution in [0.15, 0.2) is 48.5 Å². The SMILES string of the molecule is [N-]=[NH+]c1cccc(NC(=O)Nc2cccc([NH+]=[N-])c2)c1. The van der Waals surface area contributed by atoms with Gasteiger partial charge in [0.1, 0.15) is 0 Å². The summed E-state index contributed by atoms with van der Waals surface area (Å²) in [5, 5.41) is 9.23. The fourth-order valence-corrected chi connectivity index (χ4v) is 1.63. The zero-order valence-electron chi connectivity index (χ0n) is 10.4. The van der Waals surface area contributed by atoms with Crippen LogP contribution in [0.1, 0.15) is 0 Å². The molecule has 0 fully saturated rings. The van der Waals surface area contributed by atoms with Crippen molar-refractivity contribution in [3.63, 3.8) is 0 Å². The van der Waals surface area contributed by atoms with Gasteiger partial charge in [-0.25, -0.2) is 4.79 Å². The van der Waals surface area contributed by atoms with E-state index in [1.54, 1.807) is 48.5 Å². The zero-order valence-corrected chi connectivity index (χ0v) is 10.4. The molecule has 0 bridgehead atoms. The quantitative estimate of drug-likeness (QED) is 0.604. The van der Waals surface area contributed by atoms with Crippen LogP contribution in [0, 0.1) is 0 Å². The first kappa shape index (κ1) is 13.3. The third-order valence-corrected chi connectivity index (χ3v) is 2.50. The van der Waals surface area contributed by atoms with Crippen molar-refractivity contribution >= 4 is 28.8 Å². The summed E-state index contributed by atoms with van der Waals surface area (Å²) in [6, 6.07) is 12.8. The van der Waals surface area contributed by atoms with Crippen LogP contribution in [-0.4, -0.2) is 6.03 Å². The summed E-state index contributed by atoms with van der Waals surface area (Å²) in [4.78, 5) is 11.8. The van der Waals surface area contributed by atoms with Gasteiger partial charge in [-0.05, 0) is 12.1 Å². The average molecular weight is 268 g/mol. The lowest BCUT2D eigenvalue weighted by Gasteiger charge is -2.07. The number of carbonyl (C=O) groups is 1. The van der Waals surface area contributed by atoms with E-state index in [9.17, 15) is 4.79 Å². The molecule has 7 nitrogen and oxygen atoms in total. The molecule has 0 spiro atoms. The second-order valence-corrected chi connectivity index (χ2v) is 3.96. The van der Waals surface area contributed by atoms with Crippen LogP contribution in [0.4, 0.5) is 27.5 Å². The number of anilines is 2. The van der Waals surface area contributed by atoms with Crippen LogP contribution >= 0.6 is 0 Å². The minimum atomic E-state index is -0.435. The monoisotopic (exact) mass is 268 g/mol. The van der Waals surface area contributed by atoms with Crippen LogP contribution in [-0.2, 0) is 0 Å². The smallest absolute Gasteiger partial charge is 0.323 e. The summed E-state index contributed by atoms with van der Waals surface area (Å²) >= 11 is 0. The Morgan fingerprint density at radius 3 is 1.70 bits per heavy atom. The molecule has 0 aliphatic rings. The maximum atomic E-state index is 11.8. The summed E-state index contributed by atoms with van der Waals surface area (Å²) in [6.07, 6.45) is 0. The number of nitrogens with zero attached hydrogens (tertiary/aromatic N) is 2. The molecule has 4 N–H and O–H groups in total. The van der Waals surface area contributed by atoms with Crippen LogP contribution < -0.4 is 20.9 Å². The molecule has 100 valence electrons.